The lowest BCUT2D eigenvalue weighted by molar-refractivity contribution is -0.136. The molecule has 1 aliphatic rings. The van der Waals surface area contributed by atoms with E-state index in [1.807, 2.05) is 18.7 Å². The lowest BCUT2D eigenvalue weighted by Crippen LogP contribution is -2.53. The van der Waals surface area contributed by atoms with E-state index in [1.165, 1.54) is 0 Å². The van der Waals surface area contributed by atoms with Crippen LogP contribution in [0.25, 0.3) is 0 Å². The molecule has 5 heteroatoms. The average molecular weight is 290 g/mol. The molecule has 2 rings (SSSR count). The number of amides is 1. The molecule has 0 saturated carbocycles. The van der Waals surface area contributed by atoms with Gasteiger partial charge >= 0.3 is 0 Å². The highest BCUT2D eigenvalue weighted by molar-refractivity contribution is 5.95. The summed E-state index contributed by atoms with van der Waals surface area (Å²) >= 11 is 0. The summed E-state index contributed by atoms with van der Waals surface area (Å²) in [6, 6.07) is 7.13. The summed E-state index contributed by atoms with van der Waals surface area (Å²) in [5, 5.41) is 3.25. The molecule has 1 atom stereocenters. The number of ether oxygens (including phenoxy) is 1. The van der Waals surface area contributed by atoms with Gasteiger partial charge in [0.1, 0.15) is 5.75 Å². The Balaban J connectivity index is 1.87. The highest BCUT2D eigenvalue weighted by atomic mass is 16.5. The molecule has 5 nitrogen and oxygen atoms in total. The fourth-order valence-corrected chi connectivity index (χ4v) is 2.38. The van der Waals surface area contributed by atoms with Crippen LogP contribution in [0.15, 0.2) is 24.3 Å². The molecule has 1 amide bonds. The summed E-state index contributed by atoms with van der Waals surface area (Å²) in [7, 11) is 0. The van der Waals surface area contributed by atoms with Crippen LogP contribution in [0.3, 0.4) is 0 Å². The molecule has 0 aromatic heterocycles. The number of rotatable bonds is 5. The van der Waals surface area contributed by atoms with Crippen molar-refractivity contribution in [3.8, 4) is 5.75 Å². The molecular formula is C16H22N2O3. The third-order valence-electron chi connectivity index (χ3n) is 3.68. The van der Waals surface area contributed by atoms with Gasteiger partial charge in [-0.15, -0.1) is 0 Å². The molecule has 0 bridgehead atoms. The molecule has 114 valence electrons. The molecule has 0 aliphatic carbocycles. The zero-order valence-corrected chi connectivity index (χ0v) is 12.6. The van der Waals surface area contributed by atoms with Crippen LogP contribution in [-0.4, -0.2) is 48.9 Å². The zero-order valence-electron chi connectivity index (χ0n) is 12.6. The number of carbonyl (C=O) groups is 2. The summed E-state index contributed by atoms with van der Waals surface area (Å²) in [5.41, 5.74) is 0.673. The van der Waals surface area contributed by atoms with Gasteiger partial charge in [0, 0.05) is 37.7 Å². The molecule has 0 radical (unpaired) electrons. The van der Waals surface area contributed by atoms with E-state index in [4.69, 9.17) is 4.74 Å². The average Bonchev–Trinajstić information content (AvgIpc) is 2.52. The number of ketones is 1. The van der Waals surface area contributed by atoms with Crippen molar-refractivity contribution in [2.75, 3.05) is 26.2 Å². The first-order valence-corrected chi connectivity index (χ1v) is 7.38. The Labute approximate surface area is 125 Å². The minimum atomic E-state index is -0.00212. The van der Waals surface area contributed by atoms with Crippen molar-refractivity contribution in [3.05, 3.63) is 29.8 Å². The highest BCUT2D eigenvalue weighted by Crippen LogP contribution is 2.14. The topological polar surface area (TPSA) is 58.6 Å². The van der Waals surface area contributed by atoms with Crippen molar-refractivity contribution < 1.29 is 14.3 Å². The van der Waals surface area contributed by atoms with Gasteiger partial charge in [0.2, 0.25) is 0 Å². The molecule has 1 N–H and O–H groups in total. The van der Waals surface area contributed by atoms with Crippen molar-refractivity contribution in [3.63, 3.8) is 0 Å². The van der Waals surface area contributed by atoms with Crippen LogP contribution in [0.1, 0.15) is 30.6 Å². The predicted molar refractivity (Wildman–Crippen MR) is 80.6 cm³/mol. The third-order valence-corrected chi connectivity index (χ3v) is 3.68. The Morgan fingerprint density at radius 1 is 1.33 bits per heavy atom. The van der Waals surface area contributed by atoms with Gasteiger partial charge in [-0.25, -0.2) is 0 Å². The molecular weight excluding hydrogens is 268 g/mol. The number of Topliss-reactive ketones (excluding diaryl/α,β-unsaturated/α-hetero) is 1. The largest absolute Gasteiger partial charge is 0.484 e. The Hall–Kier alpha value is -1.88. The summed E-state index contributed by atoms with van der Waals surface area (Å²) < 4.78 is 5.51. The second kappa shape index (κ2) is 7.22. The predicted octanol–water partition coefficient (Wildman–Crippen LogP) is 1.48. The molecule has 0 spiro atoms. The number of hydrogen-bond donors (Lipinski definition) is 1. The maximum Gasteiger partial charge on any atom is 0.260 e. The van der Waals surface area contributed by atoms with Crippen LogP contribution < -0.4 is 10.1 Å². The minimum absolute atomic E-state index is 0.00212. The van der Waals surface area contributed by atoms with Crippen LogP contribution in [-0.2, 0) is 4.79 Å². The third kappa shape index (κ3) is 4.04. The van der Waals surface area contributed by atoms with Gasteiger partial charge in [-0.2, -0.15) is 0 Å². The first-order chi connectivity index (χ1) is 10.1. The lowest BCUT2D eigenvalue weighted by atomic mass is 10.1. The number of carbonyl (C=O) groups excluding carboxylic acids is 2. The standard InChI is InChI=1S/C16H22N2O3/c1-3-15(19)13-4-6-14(7-5-13)21-11-16(20)18-9-8-17-10-12(18)2/h4-7,12,17H,3,8-11H2,1-2H3/t12-/m1/s1. The summed E-state index contributed by atoms with van der Waals surface area (Å²) in [6.07, 6.45) is 0.486. The van der Waals surface area contributed by atoms with Gasteiger partial charge in [0.25, 0.3) is 5.91 Å². The molecule has 1 aromatic carbocycles. The number of piperazine rings is 1. The SMILES string of the molecule is CCC(=O)c1ccc(OCC(=O)N2CCNC[C@H]2C)cc1. The molecule has 1 aromatic rings. The Bertz CT molecular complexity index is 499. The number of hydrogen-bond acceptors (Lipinski definition) is 4. The van der Waals surface area contributed by atoms with Crippen LogP contribution in [0.2, 0.25) is 0 Å². The Morgan fingerprint density at radius 3 is 2.67 bits per heavy atom. The van der Waals surface area contributed by atoms with E-state index in [0.717, 1.165) is 13.1 Å². The van der Waals surface area contributed by atoms with E-state index in [1.54, 1.807) is 24.3 Å². The summed E-state index contributed by atoms with van der Waals surface area (Å²) in [4.78, 5) is 25.5. The zero-order chi connectivity index (χ0) is 15.2. The highest BCUT2D eigenvalue weighted by Gasteiger charge is 2.23. The molecule has 1 fully saturated rings. The van der Waals surface area contributed by atoms with E-state index in [-0.39, 0.29) is 24.3 Å². The van der Waals surface area contributed by atoms with Gasteiger partial charge in [-0.05, 0) is 31.2 Å². The van der Waals surface area contributed by atoms with E-state index in [9.17, 15) is 9.59 Å². The number of nitrogens with zero attached hydrogens (tertiary/aromatic N) is 1. The van der Waals surface area contributed by atoms with Gasteiger partial charge < -0.3 is 15.0 Å². The van der Waals surface area contributed by atoms with Crippen molar-refractivity contribution >= 4 is 11.7 Å². The van der Waals surface area contributed by atoms with Gasteiger partial charge in [0.15, 0.2) is 12.4 Å². The van der Waals surface area contributed by atoms with Crippen molar-refractivity contribution in [1.82, 2.24) is 10.2 Å². The van der Waals surface area contributed by atoms with Crippen LogP contribution >= 0.6 is 0 Å². The van der Waals surface area contributed by atoms with Gasteiger partial charge in [-0.1, -0.05) is 6.92 Å². The normalized spacial score (nSPS) is 18.4. The molecule has 21 heavy (non-hydrogen) atoms. The van der Waals surface area contributed by atoms with Gasteiger partial charge in [-0.3, -0.25) is 9.59 Å². The quantitative estimate of drug-likeness (QED) is 0.835. The van der Waals surface area contributed by atoms with Crippen LogP contribution in [0, 0.1) is 0 Å². The van der Waals surface area contributed by atoms with Crippen molar-refractivity contribution in [2.24, 2.45) is 0 Å². The van der Waals surface area contributed by atoms with E-state index in [0.29, 0.717) is 24.3 Å². The number of benzene rings is 1. The first kappa shape index (κ1) is 15.5. The summed E-state index contributed by atoms with van der Waals surface area (Å²) in [6.45, 7) is 6.25. The minimum Gasteiger partial charge on any atom is -0.484 e. The molecule has 1 heterocycles. The van der Waals surface area contributed by atoms with E-state index < -0.39 is 0 Å². The number of nitrogens with one attached hydrogen (secondary N) is 1. The second-order valence-electron chi connectivity index (χ2n) is 5.23. The fraction of sp³-hybridized carbons (Fsp3) is 0.500. The fourth-order valence-electron chi connectivity index (χ4n) is 2.38. The van der Waals surface area contributed by atoms with Gasteiger partial charge in [0.05, 0.1) is 0 Å². The van der Waals surface area contributed by atoms with Crippen molar-refractivity contribution in [2.45, 2.75) is 26.3 Å². The Kier molecular flexibility index (Phi) is 5.33. The monoisotopic (exact) mass is 290 g/mol. The smallest absolute Gasteiger partial charge is 0.260 e. The molecule has 0 unspecified atom stereocenters. The van der Waals surface area contributed by atoms with Crippen LogP contribution in [0.5, 0.6) is 5.75 Å². The van der Waals surface area contributed by atoms with Crippen molar-refractivity contribution in [1.29, 1.82) is 0 Å². The van der Waals surface area contributed by atoms with E-state index in [2.05, 4.69) is 5.32 Å². The molecule has 1 saturated heterocycles. The van der Waals surface area contributed by atoms with E-state index >= 15 is 0 Å². The Morgan fingerprint density at radius 2 is 2.05 bits per heavy atom. The maximum atomic E-state index is 12.1. The lowest BCUT2D eigenvalue weighted by Gasteiger charge is -2.33. The summed E-state index contributed by atoms with van der Waals surface area (Å²) in [5.74, 6) is 0.712. The first-order valence-electron chi connectivity index (χ1n) is 7.38. The molecule has 1 aliphatic heterocycles. The second-order valence-corrected chi connectivity index (χ2v) is 5.23. The van der Waals surface area contributed by atoms with Crippen LogP contribution in [0.4, 0.5) is 0 Å². The maximum absolute atomic E-state index is 12.1.